The largest absolute Gasteiger partial charge is 0.319 e. The minimum atomic E-state index is -3.94. The molecule has 0 bridgehead atoms. The fourth-order valence-electron chi connectivity index (χ4n) is 4.01. The minimum absolute atomic E-state index is 0.0647. The molecule has 0 amide bonds. The van der Waals surface area contributed by atoms with Gasteiger partial charge in [-0.2, -0.15) is 0 Å². The molecule has 8 nitrogen and oxygen atoms in total. The Kier molecular flexibility index (Phi) is 5.99. The number of nitrogens with zero attached hydrogens (tertiary/aromatic N) is 3. The summed E-state index contributed by atoms with van der Waals surface area (Å²) in [7, 11) is -3.94. The average Bonchev–Trinajstić information content (AvgIpc) is 3.24. The Morgan fingerprint density at radius 3 is 2.36 bits per heavy atom. The highest BCUT2D eigenvalue weighted by atomic mass is 32.2. The van der Waals surface area contributed by atoms with E-state index in [0.29, 0.717) is 18.1 Å². The molecule has 0 aliphatic heterocycles. The number of fused-ring (bicyclic) bond motifs is 1. The zero-order valence-electron chi connectivity index (χ0n) is 19.3. The van der Waals surface area contributed by atoms with Gasteiger partial charge in [-0.1, -0.05) is 54.1 Å². The molecule has 9 heteroatoms. The fraction of sp³-hybridized carbons (Fsp3) is 0.0741. The first-order valence-corrected chi connectivity index (χ1v) is 12.7. The lowest BCUT2D eigenvalue weighted by atomic mass is 10.1. The molecule has 0 radical (unpaired) electrons. The van der Waals surface area contributed by atoms with E-state index in [1.807, 2.05) is 37.3 Å². The van der Waals surface area contributed by atoms with Crippen LogP contribution in [0, 0.1) is 17.0 Å². The van der Waals surface area contributed by atoms with Gasteiger partial charge in [0.2, 0.25) is 0 Å². The standard InChI is InChI=1S/C27H22N4O4S/c1-19-9-11-20(12-10-19)18-30-26-8-3-2-7-25(26)28-27(30)21-5-4-6-22(17-21)29-36(34,35)24-15-13-23(14-16-24)31(32)33/h2-17,29H,18H2,1H3. The topological polar surface area (TPSA) is 107 Å². The number of non-ortho nitro benzene ring substituents is 1. The van der Waals surface area contributed by atoms with E-state index in [1.165, 1.54) is 29.8 Å². The minimum Gasteiger partial charge on any atom is -0.319 e. The van der Waals surface area contributed by atoms with Gasteiger partial charge in [0.25, 0.3) is 15.7 Å². The molecule has 0 aliphatic rings. The van der Waals surface area contributed by atoms with Crippen molar-refractivity contribution in [3.63, 3.8) is 0 Å². The molecule has 0 fully saturated rings. The van der Waals surface area contributed by atoms with Crippen molar-refractivity contribution in [2.45, 2.75) is 18.4 Å². The molecule has 0 atom stereocenters. The number of anilines is 1. The summed E-state index contributed by atoms with van der Waals surface area (Å²) in [6, 6.07) is 28.0. The highest BCUT2D eigenvalue weighted by molar-refractivity contribution is 7.92. The summed E-state index contributed by atoms with van der Waals surface area (Å²) in [4.78, 5) is 15.1. The van der Waals surface area contributed by atoms with Crippen LogP contribution in [0.2, 0.25) is 0 Å². The van der Waals surface area contributed by atoms with Crippen LogP contribution in [0.15, 0.2) is 102 Å². The molecular formula is C27H22N4O4S. The molecule has 5 aromatic rings. The highest BCUT2D eigenvalue weighted by Crippen LogP contribution is 2.29. The van der Waals surface area contributed by atoms with Crippen molar-refractivity contribution in [3.05, 3.63) is 118 Å². The maximum atomic E-state index is 12.9. The highest BCUT2D eigenvalue weighted by Gasteiger charge is 2.18. The van der Waals surface area contributed by atoms with Gasteiger partial charge in [-0.3, -0.25) is 14.8 Å². The first-order chi connectivity index (χ1) is 17.3. The smallest absolute Gasteiger partial charge is 0.269 e. The van der Waals surface area contributed by atoms with Crippen LogP contribution in [0.4, 0.5) is 11.4 Å². The van der Waals surface area contributed by atoms with Crippen molar-refractivity contribution in [2.24, 2.45) is 0 Å². The van der Waals surface area contributed by atoms with E-state index in [1.54, 1.807) is 18.2 Å². The van der Waals surface area contributed by atoms with Crippen molar-refractivity contribution in [2.75, 3.05) is 4.72 Å². The molecular weight excluding hydrogens is 476 g/mol. The monoisotopic (exact) mass is 498 g/mol. The summed E-state index contributed by atoms with van der Waals surface area (Å²) in [6.07, 6.45) is 0. The molecule has 1 aromatic heterocycles. The molecule has 36 heavy (non-hydrogen) atoms. The van der Waals surface area contributed by atoms with Gasteiger partial charge < -0.3 is 4.57 Å². The number of hydrogen-bond donors (Lipinski definition) is 1. The zero-order valence-corrected chi connectivity index (χ0v) is 20.1. The molecule has 0 aliphatic carbocycles. The van der Waals surface area contributed by atoms with Crippen LogP contribution in [0.1, 0.15) is 11.1 Å². The molecule has 0 saturated carbocycles. The second-order valence-electron chi connectivity index (χ2n) is 8.43. The molecule has 4 aromatic carbocycles. The number of nitro benzene ring substituents is 1. The van der Waals surface area contributed by atoms with E-state index >= 15 is 0 Å². The summed E-state index contributed by atoms with van der Waals surface area (Å²) < 4.78 is 30.5. The number of sulfonamides is 1. The number of hydrogen-bond acceptors (Lipinski definition) is 5. The number of benzene rings is 4. The molecule has 0 unspecified atom stereocenters. The van der Waals surface area contributed by atoms with Gasteiger partial charge in [0.1, 0.15) is 5.82 Å². The van der Waals surface area contributed by atoms with Crippen LogP contribution in [0.3, 0.4) is 0 Å². The van der Waals surface area contributed by atoms with E-state index < -0.39 is 14.9 Å². The van der Waals surface area contributed by atoms with Gasteiger partial charge in [-0.25, -0.2) is 13.4 Å². The second kappa shape index (κ2) is 9.27. The summed E-state index contributed by atoms with van der Waals surface area (Å²) in [6.45, 7) is 2.65. The first kappa shape index (κ1) is 23.3. The van der Waals surface area contributed by atoms with Gasteiger partial charge in [-0.05, 0) is 48.9 Å². The third-order valence-electron chi connectivity index (χ3n) is 5.85. The Bertz CT molecular complexity index is 1680. The number of rotatable bonds is 7. The Morgan fingerprint density at radius 2 is 1.64 bits per heavy atom. The van der Waals surface area contributed by atoms with Crippen molar-refractivity contribution in [1.82, 2.24) is 9.55 Å². The summed E-state index contributed by atoms with van der Waals surface area (Å²) in [5.74, 6) is 0.716. The molecule has 1 N–H and O–H groups in total. The van der Waals surface area contributed by atoms with Crippen LogP contribution >= 0.6 is 0 Å². The van der Waals surface area contributed by atoms with Crippen molar-refractivity contribution >= 4 is 32.4 Å². The van der Waals surface area contributed by atoms with E-state index in [2.05, 4.69) is 33.6 Å². The van der Waals surface area contributed by atoms with E-state index in [9.17, 15) is 18.5 Å². The zero-order chi connectivity index (χ0) is 25.3. The summed E-state index contributed by atoms with van der Waals surface area (Å²) in [5, 5.41) is 10.9. The van der Waals surface area contributed by atoms with Gasteiger partial charge in [0.05, 0.1) is 20.9 Å². The van der Waals surface area contributed by atoms with Gasteiger partial charge in [0.15, 0.2) is 0 Å². The lowest BCUT2D eigenvalue weighted by molar-refractivity contribution is -0.384. The maximum absolute atomic E-state index is 12.9. The Balaban J connectivity index is 1.50. The summed E-state index contributed by atoms with van der Waals surface area (Å²) >= 11 is 0. The SMILES string of the molecule is Cc1ccc(Cn2c(-c3cccc(NS(=O)(=O)c4ccc([N+](=O)[O-])cc4)c3)nc3ccccc32)cc1. The Morgan fingerprint density at radius 1 is 0.917 bits per heavy atom. The fourth-order valence-corrected chi connectivity index (χ4v) is 5.06. The molecule has 180 valence electrons. The Hall–Kier alpha value is -4.50. The molecule has 0 spiro atoms. The quantitative estimate of drug-likeness (QED) is 0.226. The Labute approximate surface area is 208 Å². The molecule has 5 rings (SSSR count). The van der Waals surface area contributed by atoms with E-state index in [0.717, 1.165) is 22.2 Å². The predicted molar refractivity (Wildman–Crippen MR) is 139 cm³/mol. The van der Waals surface area contributed by atoms with Crippen LogP contribution in [0.5, 0.6) is 0 Å². The van der Waals surface area contributed by atoms with Gasteiger partial charge in [0, 0.05) is 29.9 Å². The maximum Gasteiger partial charge on any atom is 0.269 e. The first-order valence-electron chi connectivity index (χ1n) is 11.2. The number of para-hydroxylation sites is 2. The van der Waals surface area contributed by atoms with Crippen molar-refractivity contribution in [3.8, 4) is 11.4 Å². The molecule has 0 saturated heterocycles. The number of aromatic nitrogens is 2. The molecule has 1 heterocycles. The predicted octanol–water partition coefficient (Wildman–Crippen LogP) is 5.77. The number of imidazole rings is 1. The van der Waals surface area contributed by atoms with Gasteiger partial charge >= 0.3 is 0 Å². The van der Waals surface area contributed by atoms with Crippen molar-refractivity contribution < 1.29 is 13.3 Å². The lowest BCUT2D eigenvalue weighted by Crippen LogP contribution is -2.13. The number of nitrogens with one attached hydrogen (secondary N) is 1. The van der Waals surface area contributed by atoms with Crippen LogP contribution < -0.4 is 4.72 Å². The van der Waals surface area contributed by atoms with Gasteiger partial charge in [-0.15, -0.1) is 0 Å². The van der Waals surface area contributed by atoms with Crippen molar-refractivity contribution in [1.29, 1.82) is 0 Å². The van der Waals surface area contributed by atoms with E-state index in [4.69, 9.17) is 4.98 Å². The third kappa shape index (κ3) is 4.69. The normalized spacial score (nSPS) is 11.5. The third-order valence-corrected chi connectivity index (χ3v) is 7.24. The number of nitro groups is 1. The van der Waals surface area contributed by atoms with Crippen LogP contribution in [-0.4, -0.2) is 22.9 Å². The average molecular weight is 499 g/mol. The summed E-state index contributed by atoms with van der Waals surface area (Å²) in [5.41, 5.74) is 5.06. The van der Waals surface area contributed by atoms with Crippen LogP contribution in [0.25, 0.3) is 22.4 Å². The lowest BCUT2D eigenvalue weighted by Gasteiger charge is -2.12. The second-order valence-corrected chi connectivity index (χ2v) is 10.1. The van der Waals surface area contributed by atoms with E-state index in [-0.39, 0.29) is 10.6 Å². The number of aryl methyl sites for hydroxylation is 1. The van der Waals surface area contributed by atoms with Crippen LogP contribution in [-0.2, 0) is 16.6 Å².